The summed E-state index contributed by atoms with van der Waals surface area (Å²) in [5.74, 6) is 0.669. The van der Waals surface area contributed by atoms with Crippen molar-refractivity contribution in [3.8, 4) is 0 Å². The lowest BCUT2D eigenvalue weighted by Gasteiger charge is -2.41. The molecule has 39 heavy (non-hydrogen) atoms. The minimum Gasteiger partial charge on any atom is -0.340 e. The topological polar surface area (TPSA) is 73.8 Å². The van der Waals surface area contributed by atoms with E-state index in [0.29, 0.717) is 11.3 Å². The van der Waals surface area contributed by atoms with Gasteiger partial charge in [0.05, 0.1) is 17.3 Å². The second kappa shape index (κ2) is 11.7. The summed E-state index contributed by atoms with van der Waals surface area (Å²) in [6, 6.07) is 23.2. The lowest BCUT2D eigenvalue weighted by Crippen LogP contribution is -2.43. The fraction of sp³-hybridized carbons (Fsp3) is 0.219. The Morgan fingerprint density at radius 2 is 1.74 bits per heavy atom. The molecule has 0 bridgehead atoms. The van der Waals surface area contributed by atoms with Crippen LogP contribution in [0.25, 0.3) is 6.08 Å². The van der Waals surface area contributed by atoms with Crippen LogP contribution in [0.1, 0.15) is 41.6 Å². The van der Waals surface area contributed by atoms with E-state index >= 15 is 0 Å². The average Bonchev–Trinajstić information content (AvgIpc) is 2.93. The third-order valence-corrected chi connectivity index (χ3v) is 7.93. The van der Waals surface area contributed by atoms with Crippen LogP contribution in [0.5, 0.6) is 0 Å². The van der Waals surface area contributed by atoms with Gasteiger partial charge in [-0.3, -0.25) is 9.59 Å². The van der Waals surface area contributed by atoms with Crippen molar-refractivity contribution in [1.82, 2.24) is 4.90 Å². The Bertz CT molecular complexity index is 1480. The predicted molar refractivity (Wildman–Crippen MR) is 162 cm³/mol. The molecule has 0 saturated carbocycles. The Morgan fingerprint density at radius 1 is 0.974 bits per heavy atom. The van der Waals surface area contributed by atoms with Crippen LogP contribution in [0.4, 0.5) is 11.4 Å². The molecular formula is C32H32N4O2S. The second-order valence-electron chi connectivity index (χ2n) is 9.82. The lowest BCUT2D eigenvalue weighted by atomic mass is 9.93. The van der Waals surface area contributed by atoms with Crippen LogP contribution in [0, 0.1) is 13.8 Å². The molecule has 1 saturated heterocycles. The number of nitrogens with one attached hydrogen (secondary N) is 2. The molecule has 0 aliphatic carbocycles. The third kappa shape index (κ3) is 6.15. The Kier molecular flexibility index (Phi) is 7.98. The number of rotatable bonds is 6. The molecule has 2 amide bonds. The second-order valence-corrected chi connectivity index (χ2v) is 10.9. The molecule has 1 atom stereocenters. The summed E-state index contributed by atoms with van der Waals surface area (Å²) in [7, 11) is 0. The summed E-state index contributed by atoms with van der Waals surface area (Å²) in [5, 5.41) is 7.01. The number of hydrogen-bond acceptors (Lipinski definition) is 5. The van der Waals surface area contributed by atoms with E-state index in [4.69, 9.17) is 4.99 Å². The number of allylic oxidation sites excluding steroid dienone is 1. The first-order valence-electron chi connectivity index (χ1n) is 13.1. The third-order valence-electron chi connectivity index (χ3n) is 6.85. The number of hydrogen-bond donors (Lipinski definition) is 2. The molecule has 0 unspecified atom stereocenters. The first-order valence-corrected chi connectivity index (χ1v) is 14.1. The zero-order chi connectivity index (χ0) is 27.4. The fourth-order valence-electron chi connectivity index (χ4n) is 4.92. The maximum Gasteiger partial charge on any atom is 0.255 e. The summed E-state index contributed by atoms with van der Waals surface area (Å²) in [4.78, 5) is 33.3. The Morgan fingerprint density at radius 3 is 2.49 bits per heavy atom. The number of thioether (sulfide) groups is 1. The number of amidine groups is 1. The number of anilines is 2. The number of aliphatic imine (C=N–C) groups is 1. The van der Waals surface area contributed by atoms with Crippen LogP contribution in [0.2, 0.25) is 0 Å². The van der Waals surface area contributed by atoms with Crippen molar-refractivity contribution >= 4 is 46.2 Å². The molecule has 2 aliphatic heterocycles. The monoisotopic (exact) mass is 536 g/mol. The molecular weight excluding hydrogens is 504 g/mol. The maximum atomic E-state index is 13.7. The van der Waals surface area contributed by atoms with Crippen LogP contribution in [0.15, 0.2) is 95.1 Å². The average molecular weight is 537 g/mol. The van der Waals surface area contributed by atoms with Crippen molar-refractivity contribution in [2.45, 2.75) is 33.2 Å². The maximum absolute atomic E-state index is 13.7. The molecule has 0 radical (unpaired) electrons. The van der Waals surface area contributed by atoms with Gasteiger partial charge in [0.2, 0.25) is 5.91 Å². The molecule has 2 heterocycles. The van der Waals surface area contributed by atoms with Gasteiger partial charge in [-0.15, -0.1) is 0 Å². The summed E-state index contributed by atoms with van der Waals surface area (Å²) in [6.45, 7) is 6.78. The van der Waals surface area contributed by atoms with Gasteiger partial charge in [-0.25, -0.2) is 4.99 Å². The van der Waals surface area contributed by atoms with E-state index in [-0.39, 0.29) is 17.9 Å². The number of carbonyl (C=O) groups excluding carboxylic acids is 2. The van der Waals surface area contributed by atoms with E-state index in [0.717, 1.165) is 57.5 Å². The van der Waals surface area contributed by atoms with E-state index in [1.165, 1.54) is 6.08 Å². The molecule has 1 fully saturated rings. The Labute approximate surface area is 233 Å². The van der Waals surface area contributed by atoms with E-state index in [2.05, 4.69) is 21.6 Å². The first kappa shape index (κ1) is 26.5. The standard InChI is InChI=1S/C32H32N4O2S/c1-21-10-16-27(22(2)20-21)35-31(38)29-23(3)33-32-36(18-7-19-39-32)30(29)25-12-14-26(15-13-25)34-28(37)17-11-24-8-5-4-6-9-24/h4-6,8-17,20,30H,7,18-19H2,1-3H3,(H,34,37)(H,35,38)/b17-11+/t30-/m0/s1. The highest BCUT2D eigenvalue weighted by Crippen LogP contribution is 2.40. The SMILES string of the molecule is CC1=C(C(=O)Nc2ccc(C)cc2C)[C@H](c2ccc(NC(=O)/C=C/c3ccccc3)cc2)N2CCCSC2=N1. The molecule has 0 spiro atoms. The van der Waals surface area contributed by atoms with Crippen molar-refractivity contribution in [1.29, 1.82) is 0 Å². The highest BCUT2D eigenvalue weighted by Gasteiger charge is 2.37. The van der Waals surface area contributed by atoms with Crippen LogP contribution >= 0.6 is 11.8 Å². The van der Waals surface area contributed by atoms with E-state index in [9.17, 15) is 9.59 Å². The number of benzene rings is 3. The van der Waals surface area contributed by atoms with Crippen LogP contribution in [0.3, 0.4) is 0 Å². The molecule has 0 aromatic heterocycles. The quantitative estimate of drug-likeness (QED) is 0.343. The van der Waals surface area contributed by atoms with Crippen molar-refractivity contribution in [3.63, 3.8) is 0 Å². The number of amides is 2. The highest BCUT2D eigenvalue weighted by molar-refractivity contribution is 8.13. The van der Waals surface area contributed by atoms with E-state index < -0.39 is 0 Å². The number of aryl methyl sites for hydroxylation is 2. The predicted octanol–water partition coefficient (Wildman–Crippen LogP) is 6.72. The Hall–Kier alpha value is -4.10. The molecule has 3 aromatic rings. The smallest absolute Gasteiger partial charge is 0.255 e. The fourth-order valence-corrected chi connectivity index (χ4v) is 5.94. The number of carbonyl (C=O) groups is 2. The summed E-state index contributed by atoms with van der Waals surface area (Å²) >= 11 is 1.73. The molecule has 6 nitrogen and oxygen atoms in total. The van der Waals surface area contributed by atoms with Gasteiger partial charge >= 0.3 is 0 Å². The zero-order valence-corrected chi connectivity index (χ0v) is 23.2. The van der Waals surface area contributed by atoms with Crippen LogP contribution in [-0.4, -0.2) is 34.2 Å². The van der Waals surface area contributed by atoms with E-state index in [1.54, 1.807) is 17.8 Å². The van der Waals surface area contributed by atoms with Crippen molar-refractivity contribution < 1.29 is 9.59 Å². The van der Waals surface area contributed by atoms with E-state index in [1.807, 2.05) is 87.5 Å². The van der Waals surface area contributed by atoms with Gasteiger partial charge in [-0.05, 0) is 68.2 Å². The molecule has 3 aromatic carbocycles. The minimum atomic E-state index is -0.265. The highest BCUT2D eigenvalue weighted by atomic mass is 32.2. The van der Waals surface area contributed by atoms with Gasteiger partial charge in [0.15, 0.2) is 5.17 Å². The first-order chi connectivity index (χ1) is 18.9. The lowest BCUT2D eigenvalue weighted by molar-refractivity contribution is -0.113. The molecule has 5 rings (SSSR count). The summed E-state index contributed by atoms with van der Waals surface area (Å²) in [6.07, 6.45) is 4.33. The van der Waals surface area contributed by atoms with Crippen molar-refractivity contribution in [3.05, 3.63) is 112 Å². The van der Waals surface area contributed by atoms with Gasteiger partial charge < -0.3 is 15.5 Å². The van der Waals surface area contributed by atoms with Gasteiger partial charge in [0.25, 0.3) is 5.91 Å². The minimum absolute atomic E-state index is 0.147. The van der Waals surface area contributed by atoms with Crippen molar-refractivity contribution in [2.24, 2.45) is 4.99 Å². The van der Waals surface area contributed by atoms with Gasteiger partial charge in [-0.1, -0.05) is 71.9 Å². The van der Waals surface area contributed by atoms with Gasteiger partial charge in [-0.2, -0.15) is 0 Å². The van der Waals surface area contributed by atoms with Crippen LogP contribution < -0.4 is 10.6 Å². The molecule has 2 aliphatic rings. The number of nitrogens with zero attached hydrogens (tertiary/aromatic N) is 2. The largest absolute Gasteiger partial charge is 0.340 e. The molecule has 198 valence electrons. The summed E-state index contributed by atoms with van der Waals surface area (Å²) < 4.78 is 0. The van der Waals surface area contributed by atoms with Crippen LogP contribution in [-0.2, 0) is 9.59 Å². The van der Waals surface area contributed by atoms with Gasteiger partial charge in [0, 0.05) is 29.7 Å². The zero-order valence-electron chi connectivity index (χ0n) is 22.4. The Balaban J connectivity index is 1.39. The summed E-state index contributed by atoms with van der Waals surface area (Å²) in [5.41, 5.74) is 6.98. The normalized spacial score (nSPS) is 17.1. The molecule has 7 heteroatoms. The van der Waals surface area contributed by atoms with Gasteiger partial charge in [0.1, 0.15) is 0 Å². The molecule has 2 N–H and O–H groups in total. The van der Waals surface area contributed by atoms with Crippen molar-refractivity contribution in [2.75, 3.05) is 22.9 Å². The number of fused-ring (bicyclic) bond motifs is 1.